The van der Waals surface area contributed by atoms with Crippen LogP contribution < -0.4 is 5.32 Å². The lowest BCUT2D eigenvalue weighted by Crippen LogP contribution is -2.66. The highest BCUT2D eigenvalue weighted by Gasteiger charge is 2.64. The van der Waals surface area contributed by atoms with Gasteiger partial charge in [-0.1, -0.05) is 0 Å². The van der Waals surface area contributed by atoms with Crippen molar-refractivity contribution in [1.29, 1.82) is 0 Å². The van der Waals surface area contributed by atoms with Crippen molar-refractivity contribution in [1.82, 2.24) is 10.3 Å². The number of hydrogen-bond acceptors (Lipinski definition) is 5. The first-order valence-corrected chi connectivity index (χ1v) is 7.29. The zero-order valence-electron chi connectivity index (χ0n) is 11.7. The number of ether oxygens (including phenoxy) is 1. The van der Waals surface area contributed by atoms with Gasteiger partial charge < -0.3 is 14.5 Å². The summed E-state index contributed by atoms with van der Waals surface area (Å²) in [6.45, 7) is 1.45. The Hall–Kier alpha value is -1.57. The highest BCUT2D eigenvalue weighted by Crippen LogP contribution is 2.59. The van der Waals surface area contributed by atoms with Crippen molar-refractivity contribution in [2.45, 2.75) is 43.4 Å². The number of carbonyl (C=O) groups excluding carboxylic acids is 1. The molecule has 1 N–H and O–H groups in total. The molecular weight excluding hydrogens is 301 g/mol. The van der Waals surface area contributed by atoms with Crippen LogP contribution in [0.15, 0.2) is 10.6 Å². The third kappa shape index (κ3) is 2.12. The van der Waals surface area contributed by atoms with Crippen LogP contribution in [0.3, 0.4) is 0 Å². The molecule has 3 fully saturated rings. The van der Waals surface area contributed by atoms with Crippen LogP contribution in [0.5, 0.6) is 0 Å². The Balaban J connectivity index is 1.59. The monoisotopic (exact) mass is 316 g/mol. The van der Waals surface area contributed by atoms with E-state index in [0.29, 0.717) is 18.7 Å². The van der Waals surface area contributed by atoms with Crippen LogP contribution >= 0.6 is 0 Å². The first kappa shape index (κ1) is 14.0. The predicted molar refractivity (Wildman–Crippen MR) is 66.8 cm³/mol. The number of carbonyl (C=O) groups is 1. The summed E-state index contributed by atoms with van der Waals surface area (Å²) in [6, 6.07) is 0. The Labute approximate surface area is 124 Å². The van der Waals surface area contributed by atoms with E-state index in [1.165, 1.54) is 6.20 Å². The molecule has 0 radical (unpaired) electrons. The van der Waals surface area contributed by atoms with Crippen molar-refractivity contribution >= 4 is 5.97 Å². The van der Waals surface area contributed by atoms with Gasteiger partial charge in [0.2, 0.25) is 0 Å². The maximum atomic E-state index is 12.6. The highest BCUT2D eigenvalue weighted by molar-refractivity contribution is 5.76. The van der Waals surface area contributed by atoms with E-state index in [4.69, 9.17) is 9.15 Å². The van der Waals surface area contributed by atoms with Crippen molar-refractivity contribution in [3.05, 3.63) is 17.8 Å². The molecule has 3 aliphatic rings. The number of nitrogens with zero attached hydrogens (tertiary/aromatic N) is 1. The number of rotatable bonds is 3. The molecule has 2 aliphatic carbocycles. The van der Waals surface area contributed by atoms with E-state index in [0.717, 1.165) is 25.9 Å². The number of halogens is 3. The second-order valence-electron chi connectivity index (χ2n) is 6.68. The molecule has 2 saturated carbocycles. The molecule has 1 aliphatic heterocycles. The molecule has 0 atom stereocenters. The molecule has 2 heterocycles. The predicted octanol–water partition coefficient (Wildman–Crippen LogP) is 2.24. The van der Waals surface area contributed by atoms with Crippen LogP contribution in [-0.4, -0.2) is 30.2 Å². The first-order valence-electron chi connectivity index (χ1n) is 7.29. The summed E-state index contributed by atoms with van der Waals surface area (Å²) in [5, 5.41) is 3.10. The Morgan fingerprint density at radius 2 is 2.05 bits per heavy atom. The van der Waals surface area contributed by atoms with Crippen molar-refractivity contribution in [3.8, 4) is 0 Å². The quantitative estimate of drug-likeness (QED) is 0.867. The van der Waals surface area contributed by atoms with E-state index in [2.05, 4.69) is 10.3 Å². The molecule has 8 heteroatoms. The summed E-state index contributed by atoms with van der Waals surface area (Å²) < 4.78 is 48.1. The summed E-state index contributed by atoms with van der Waals surface area (Å²) >= 11 is 0. The lowest BCUT2D eigenvalue weighted by Gasteiger charge is -2.58. The largest absolute Gasteiger partial charge is 0.490 e. The van der Waals surface area contributed by atoms with Gasteiger partial charge in [-0.3, -0.25) is 0 Å². The van der Waals surface area contributed by atoms with Gasteiger partial charge in [0.1, 0.15) is 0 Å². The summed E-state index contributed by atoms with van der Waals surface area (Å²) in [4.78, 5) is 15.4. The number of esters is 1. The Bertz CT molecular complexity index is 609. The highest BCUT2D eigenvalue weighted by atomic mass is 19.4. The van der Waals surface area contributed by atoms with Crippen molar-refractivity contribution in [2.75, 3.05) is 13.1 Å². The minimum atomic E-state index is -5.01. The van der Waals surface area contributed by atoms with E-state index >= 15 is 0 Å². The van der Waals surface area contributed by atoms with E-state index < -0.39 is 17.7 Å². The molecule has 0 amide bonds. The van der Waals surface area contributed by atoms with Crippen molar-refractivity contribution in [2.24, 2.45) is 5.41 Å². The van der Waals surface area contributed by atoms with Gasteiger partial charge in [-0.25, -0.2) is 9.78 Å². The van der Waals surface area contributed by atoms with Crippen LogP contribution in [-0.2, 0) is 15.1 Å². The Morgan fingerprint density at radius 3 is 2.55 bits per heavy atom. The third-order valence-corrected chi connectivity index (χ3v) is 4.74. The second kappa shape index (κ2) is 4.24. The average molecular weight is 316 g/mol. The van der Waals surface area contributed by atoms with E-state index in [1.807, 2.05) is 0 Å². The van der Waals surface area contributed by atoms with Gasteiger partial charge in [0.15, 0.2) is 17.3 Å². The summed E-state index contributed by atoms with van der Waals surface area (Å²) in [5.74, 6) is -1.14. The summed E-state index contributed by atoms with van der Waals surface area (Å²) in [6.07, 6.45) is -0.961. The van der Waals surface area contributed by atoms with Gasteiger partial charge in [-0.15, -0.1) is 0 Å². The van der Waals surface area contributed by atoms with Crippen LogP contribution in [0.2, 0.25) is 0 Å². The smallest absolute Gasteiger partial charge is 0.444 e. The molecule has 0 bridgehead atoms. The van der Waals surface area contributed by atoms with Crippen molar-refractivity contribution in [3.63, 3.8) is 0 Å². The SMILES string of the molecule is O=C(OC1(c2cnc(C3CC3)o2)CC2(CNC2)C1)C(F)(F)F. The van der Waals surface area contributed by atoms with Gasteiger partial charge in [0, 0.05) is 37.3 Å². The molecule has 22 heavy (non-hydrogen) atoms. The number of hydrogen-bond donors (Lipinski definition) is 1. The molecule has 0 unspecified atom stereocenters. The molecule has 0 aromatic carbocycles. The minimum absolute atomic E-state index is 0.0849. The summed E-state index contributed by atoms with van der Waals surface area (Å²) in [5.41, 5.74) is -1.41. The lowest BCUT2D eigenvalue weighted by molar-refractivity contribution is -0.245. The van der Waals surface area contributed by atoms with Crippen LogP contribution in [0, 0.1) is 5.41 Å². The van der Waals surface area contributed by atoms with E-state index in [9.17, 15) is 18.0 Å². The van der Waals surface area contributed by atoms with Gasteiger partial charge in [-0.05, 0) is 12.8 Å². The van der Waals surface area contributed by atoms with Gasteiger partial charge in [0.25, 0.3) is 0 Å². The normalized spacial score (nSPS) is 25.4. The topological polar surface area (TPSA) is 64.4 Å². The number of aromatic nitrogens is 1. The van der Waals surface area contributed by atoms with Crippen LogP contribution in [0.25, 0.3) is 0 Å². The van der Waals surface area contributed by atoms with Crippen LogP contribution in [0.1, 0.15) is 43.3 Å². The third-order valence-electron chi connectivity index (χ3n) is 4.74. The van der Waals surface area contributed by atoms with E-state index in [1.54, 1.807) is 0 Å². The number of alkyl halides is 3. The van der Waals surface area contributed by atoms with Gasteiger partial charge in [-0.2, -0.15) is 13.2 Å². The van der Waals surface area contributed by atoms with E-state index in [-0.39, 0.29) is 17.1 Å². The molecule has 4 rings (SSSR count). The maximum absolute atomic E-state index is 12.6. The average Bonchev–Trinajstić information content (AvgIpc) is 3.08. The standard InChI is InChI=1S/C14H15F3N2O3/c15-14(16,17)11(20)22-13(4-12(5-13)6-18-7-12)9-3-19-10(21-9)8-1-2-8/h3,8,18H,1-2,4-7H2. The fraction of sp³-hybridized carbons (Fsp3) is 0.714. The van der Waals surface area contributed by atoms with Gasteiger partial charge >= 0.3 is 12.1 Å². The molecule has 120 valence electrons. The number of oxazole rings is 1. The molecule has 1 spiro atoms. The van der Waals surface area contributed by atoms with Crippen LogP contribution in [0.4, 0.5) is 13.2 Å². The second-order valence-corrected chi connectivity index (χ2v) is 6.68. The summed E-state index contributed by atoms with van der Waals surface area (Å²) in [7, 11) is 0. The fourth-order valence-corrected chi connectivity index (χ4v) is 3.44. The number of nitrogens with one attached hydrogen (secondary N) is 1. The van der Waals surface area contributed by atoms with Gasteiger partial charge in [0.05, 0.1) is 6.20 Å². The zero-order chi connectivity index (χ0) is 15.6. The molecule has 1 aromatic heterocycles. The molecule has 1 saturated heterocycles. The molecule has 1 aromatic rings. The lowest BCUT2D eigenvalue weighted by atomic mass is 9.55. The molecule has 5 nitrogen and oxygen atoms in total. The van der Waals surface area contributed by atoms with Crippen molar-refractivity contribution < 1.29 is 27.1 Å². The molecular formula is C14H15F3N2O3. The Kier molecular flexibility index (Phi) is 2.71. The fourth-order valence-electron chi connectivity index (χ4n) is 3.44. The first-order chi connectivity index (χ1) is 10.3. The maximum Gasteiger partial charge on any atom is 0.490 e. The minimum Gasteiger partial charge on any atom is -0.444 e. The Morgan fingerprint density at radius 1 is 1.36 bits per heavy atom. The zero-order valence-corrected chi connectivity index (χ0v) is 11.7.